The molecule has 0 saturated carbocycles. The number of hydrogen-bond donors (Lipinski definition) is 2. The molecule has 0 aliphatic carbocycles. The Bertz CT molecular complexity index is 866. The van der Waals surface area contributed by atoms with E-state index in [-0.39, 0.29) is 5.95 Å². The van der Waals surface area contributed by atoms with Crippen LogP contribution < -0.4 is 11.5 Å². The summed E-state index contributed by atoms with van der Waals surface area (Å²) >= 11 is 12.1. The van der Waals surface area contributed by atoms with Gasteiger partial charge in [-0.25, -0.2) is 4.98 Å². The Kier molecular flexibility index (Phi) is 4.88. The third kappa shape index (κ3) is 3.61. The van der Waals surface area contributed by atoms with Crippen LogP contribution in [0.3, 0.4) is 0 Å². The second-order valence-electron chi connectivity index (χ2n) is 5.40. The van der Waals surface area contributed by atoms with Crippen molar-refractivity contribution < 1.29 is 0 Å². The maximum absolute atomic E-state index is 6.13. The van der Waals surface area contributed by atoms with Crippen molar-refractivity contribution in [2.45, 2.75) is 12.8 Å². The molecule has 0 bridgehead atoms. The molecule has 0 radical (unpaired) electrons. The number of nitrogens with two attached hydrogens (primary N) is 2. The van der Waals surface area contributed by atoms with Gasteiger partial charge in [0, 0.05) is 5.56 Å². The number of nitrogens with zero attached hydrogens (tertiary/aromatic N) is 2. The first-order valence-electron chi connectivity index (χ1n) is 7.46. The Morgan fingerprint density at radius 3 is 2.29 bits per heavy atom. The molecular formula is C18H16Cl2N4. The zero-order valence-electron chi connectivity index (χ0n) is 12.8. The Labute approximate surface area is 150 Å². The summed E-state index contributed by atoms with van der Waals surface area (Å²) in [6.45, 7) is 0. The number of hydrogen-bond acceptors (Lipinski definition) is 4. The smallest absolute Gasteiger partial charge is 0.222 e. The number of aromatic nitrogens is 2. The van der Waals surface area contributed by atoms with Crippen molar-refractivity contribution in [1.82, 2.24) is 9.97 Å². The molecule has 6 heteroatoms. The average Bonchev–Trinajstić information content (AvgIpc) is 2.56. The topological polar surface area (TPSA) is 77.8 Å². The minimum atomic E-state index is 0.166. The van der Waals surface area contributed by atoms with E-state index in [1.54, 1.807) is 12.1 Å². The van der Waals surface area contributed by atoms with E-state index in [4.69, 9.17) is 34.7 Å². The average molecular weight is 359 g/mol. The summed E-state index contributed by atoms with van der Waals surface area (Å²) in [7, 11) is 0. The van der Waals surface area contributed by atoms with Gasteiger partial charge < -0.3 is 11.5 Å². The van der Waals surface area contributed by atoms with Crippen LogP contribution in [0.25, 0.3) is 11.1 Å². The Hall–Kier alpha value is -2.30. The highest BCUT2D eigenvalue weighted by molar-refractivity contribution is 6.42. The molecule has 0 atom stereocenters. The minimum absolute atomic E-state index is 0.166. The van der Waals surface area contributed by atoms with Crippen molar-refractivity contribution in [3.05, 3.63) is 69.8 Å². The van der Waals surface area contributed by atoms with Gasteiger partial charge in [0.2, 0.25) is 5.95 Å². The largest absolute Gasteiger partial charge is 0.383 e. The number of rotatable bonds is 4. The second-order valence-corrected chi connectivity index (χ2v) is 6.22. The number of benzene rings is 2. The molecule has 3 rings (SSSR count). The first-order chi connectivity index (χ1) is 11.5. The number of anilines is 2. The van der Waals surface area contributed by atoms with Gasteiger partial charge >= 0.3 is 0 Å². The van der Waals surface area contributed by atoms with Gasteiger partial charge in [-0.2, -0.15) is 4.98 Å². The van der Waals surface area contributed by atoms with Crippen LogP contribution in [-0.2, 0) is 12.8 Å². The van der Waals surface area contributed by atoms with Crippen LogP contribution >= 0.6 is 23.2 Å². The van der Waals surface area contributed by atoms with Gasteiger partial charge in [-0.1, -0.05) is 59.6 Å². The molecule has 4 nitrogen and oxygen atoms in total. The standard InChI is InChI=1S/C18H16Cl2N4/c19-13-8-7-12(10-14(13)20)16-15(23-18(22)24-17(16)21)9-6-11-4-2-1-3-5-11/h1-5,7-8,10H,6,9H2,(H4,21,22,23,24). The molecule has 3 aromatic rings. The molecular weight excluding hydrogens is 343 g/mol. The summed E-state index contributed by atoms with van der Waals surface area (Å²) in [5, 5.41) is 0.945. The number of halogens is 2. The lowest BCUT2D eigenvalue weighted by Gasteiger charge is -2.13. The van der Waals surface area contributed by atoms with E-state index >= 15 is 0 Å². The van der Waals surface area contributed by atoms with Gasteiger partial charge in [-0.15, -0.1) is 0 Å². The number of nitrogen functional groups attached to an aromatic ring is 2. The van der Waals surface area contributed by atoms with Crippen LogP contribution in [0, 0.1) is 0 Å². The molecule has 0 fully saturated rings. The van der Waals surface area contributed by atoms with Gasteiger partial charge in [-0.05, 0) is 36.1 Å². The van der Waals surface area contributed by atoms with Crippen molar-refractivity contribution in [2.75, 3.05) is 11.5 Å². The maximum Gasteiger partial charge on any atom is 0.222 e. The summed E-state index contributed by atoms with van der Waals surface area (Å²) in [6.07, 6.45) is 1.52. The van der Waals surface area contributed by atoms with Gasteiger partial charge in [0.1, 0.15) is 5.82 Å². The molecule has 0 saturated heterocycles. The molecule has 24 heavy (non-hydrogen) atoms. The summed E-state index contributed by atoms with van der Waals surface area (Å²) in [4.78, 5) is 8.47. The van der Waals surface area contributed by atoms with E-state index in [0.29, 0.717) is 22.3 Å². The van der Waals surface area contributed by atoms with Crippen LogP contribution in [0.5, 0.6) is 0 Å². The summed E-state index contributed by atoms with van der Waals surface area (Å²) < 4.78 is 0. The summed E-state index contributed by atoms with van der Waals surface area (Å²) in [6, 6.07) is 15.5. The van der Waals surface area contributed by atoms with E-state index in [0.717, 1.165) is 23.2 Å². The highest BCUT2D eigenvalue weighted by Gasteiger charge is 2.15. The van der Waals surface area contributed by atoms with E-state index in [1.807, 2.05) is 24.3 Å². The summed E-state index contributed by atoms with van der Waals surface area (Å²) in [5.74, 6) is 0.503. The second kappa shape index (κ2) is 7.07. The zero-order chi connectivity index (χ0) is 17.1. The highest BCUT2D eigenvalue weighted by atomic mass is 35.5. The summed E-state index contributed by atoms with van der Waals surface area (Å²) in [5.41, 5.74) is 15.5. The predicted molar refractivity (Wildman–Crippen MR) is 100 cm³/mol. The lowest BCUT2D eigenvalue weighted by molar-refractivity contribution is 0.910. The minimum Gasteiger partial charge on any atom is -0.383 e. The zero-order valence-corrected chi connectivity index (χ0v) is 14.3. The fourth-order valence-corrected chi connectivity index (χ4v) is 2.90. The van der Waals surface area contributed by atoms with Crippen LogP contribution in [0.4, 0.5) is 11.8 Å². The normalized spacial score (nSPS) is 10.8. The Morgan fingerprint density at radius 1 is 0.833 bits per heavy atom. The van der Waals surface area contributed by atoms with Gasteiger partial charge in [0.25, 0.3) is 0 Å². The van der Waals surface area contributed by atoms with Gasteiger partial charge in [-0.3, -0.25) is 0 Å². The van der Waals surface area contributed by atoms with Crippen molar-refractivity contribution in [3.8, 4) is 11.1 Å². The molecule has 0 aliphatic rings. The van der Waals surface area contributed by atoms with Crippen LogP contribution in [0.2, 0.25) is 10.0 Å². The molecule has 4 N–H and O–H groups in total. The van der Waals surface area contributed by atoms with Crippen molar-refractivity contribution in [2.24, 2.45) is 0 Å². The van der Waals surface area contributed by atoms with Crippen molar-refractivity contribution in [3.63, 3.8) is 0 Å². The van der Waals surface area contributed by atoms with Crippen molar-refractivity contribution >= 4 is 35.0 Å². The van der Waals surface area contributed by atoms with Gasteiger partial charge in [0.15, 0.2) is 0 Å². The fourth-order valence-electron chi connectivity index (χ4n) is 2.60. The molecule has 1 aromatic heterocycles. The highest BCUT2D eigenvalue weighted by Crippen LogP contribution is 2.33. The SMILES string of the molecule is Nc1nc(N)c(-c2ccc(Cl)c(Cl)c2)c(CCc2ccccc2)n1. The van der Waals surface area contributed by atoms with Crippen LogP contribution in [0.15, 0.2) is 48.5 Å². The third-order valence-corrected chi connectivity index (χ3v) is 4.47. The first kappa shape index (κ1) is 16.6. The lowest BCUT2D eigenvalue weighted by Crippen LogP contribution is -2.08. The number of aryl methyl sites for hydroxylation is 2. The van der Waals surface area contributed by atoms with Crippen LogP contribution in [-0.4, -0.2) is 9.97 Å². The van der Waals surface area contributed by atoms with E-state index in [1.165, 1.54) is 5.56 Å². The Morgan fingerprint density at radius 2 is 1.58 bits per heavy atom. The molecule has 1 heterocycles. The molecule has 0 amide bonds. The molecule has 0 aliphatic heterocycles. The monoisotopic (exact) mass is 358 g/mol. The third-order valence-electron chi connectivity index (χ3n) is 3.73. The molecule has 0 unspecified atom stereocenters. The predicted octanol–water partition coefficient (Wildman–Crippen LogP) is 4.40. The van der Waals surface area contributed by atoms with E-state index < -0.39 is 0 Å². The first-order valence-corrected chi connectivity index (χ1v) is 8.21. The van der Waals surface area contributed by atoms with E-state index in [2.05, 4.69) is 22.1 Å². The van der Waals surface area contributed by atoms with Crippen LogP contribution in [0.1, 0.15) is 11.3 Å². The molecule has 122 valence electrons. The maximum atomic E-state index is 6.13. The quantitative estimate of drug-likeness (QED) is 0.724. The van der Waals surface area contributed by atoms with Gasteiger partial charge in [0.05, 0.1) is 15.7 Å². The van der Waals surface area contributed by atoms with Crippen molar-refractivity contribution in [1.29, 1.82) is 0 Å². The molecule has 2 aromatic carbocycles. The fraction of sp³-hybridized carbons (Fsp3) is 0.111. The lowest BCUT2D eigenvalue weighted by atomic mass is 10.00. The molecule has 0 spiro atoms. The Balaban J connectivity index is 2.00. The van der Waals surface area contributed by atoms with E-state index in [9.17, 15) is 0 Å².